The van der Waals surface area contributed by atoms with Gasteiger partial charge >= 0.3 is 5.97 Å². The molecule has 0 aliphatic carbocycles. The van der Waals surface area contributed by atoms with Crippen LogP contribution in [0.25, 0.3) is 6.08 Å². The highest BCUT2D eigenvalue weighted by Crippen LogP contribution is 2.23. The number of hydrogen-bond donors (Lipinski definition) is 2. The number of rotatable bonds is 6. The van der Waals surface area contributed by atoms with E-state index in [0.717, 1.165) is 5.56 Å². The average molecular weight is 298 g/mol. The van der Waals surface area contributed by atoms with Gasteiger partial charge in [-0.15, -0.1) is 0 Å². The lowest BCUT2D eigenvalue weighted by molar-refractivity contribution is -0.138. The Morgan fingerprint density at radius 3 is 2.55 bits per heavy atom. The van der Waals surface area contributed by atoms with Crippen LogP contribution >= 0.6 is 0 Å². The largest absolute Gasteiger partial charge is 0.488 e. The quantitative estimate of drug-likeness (QED) is 0.370. The minimum atomic E-state index is -0.419. The van der Waals surface area contributed by atoms with Crippen LogP contribution in [-0.4, -0.2) is 19.2 Å². The molecule has 2 aromatic carbocycles. The number of nitrogen functional groups attached to an aromatic ring is 2. The molecule has 0 fully saturated rings. The molecule has 4 N–H and O–H groups in total. The highest BCUT2D eigenvalue weighted by Gasteiger charge is 2.02. The van der Waals surface area contributed by atoms with Crippen molar-refractivity contribution in [3.63, 3.8) is 0 Å². The van der Waals surface area contributed by atoms with Crippen molar-refractivity contribution < 1.29 is 14.3 Å². The monoisotopic (exact) mass is 298 g/mol. The topological polar surface area (TPSA) is 87.6 Å². The molecule has 0 aliphatic heterocycles. The zero-order chi connectivity index (χ0) is 15.8. The van der Waals surface area contributed by atoms with Gasteiger partial charge in [-0.05, 0) is 29.8 Å². The second-order valence-electron chi connectivity index (χ2n) is 4.56. The maximum Gasteiger partial charge on any atom is 0.330 e. The molecular formula is C17H18N2O3. The molecule has 0 heterocycles. The minimum Gasteiger partial charge on any atom is -0.488 e. The second-order valence-corrected chi connectivity index (χ2v) is 4.56. The van der Waals surface area contributed by atoms with E-state index in [9.17, 15) is 4.79 Å². The van der Waals surface area contributed by atoms with Crippen LogP contribution in [0.4, 0.5) is 11.4 Å². The van der Waals surface area contributed by atoms with Crippen molar-refractivity contribution in [3.8, 4) is 5.75 Å². The van der Waals surface area contributed by atoms with Crippen molar-refractivity contribution in [2.24, 2.45) is 0 Å². The predicted octanol–water partition coefficient (Wildman–Crippen LogP) is 2.49. The van der Waals surface area contributed by atoms with Crippen LogP contribution in [0.3, 0.4) is 0 Å². The minimum absolute atomic E-state index is 0.141. The highest BCUT2D eigenvalue weighted by atomic mass is 16.6. The van der Waals surface area contributed by atoms with E-state index in [1.807, 2.05) is 30.3 Å². The van der Waals surface area contributed by atoms with Crippen molar-refractivity contribution in [2.75, 3.05) is 24.7 Å². The lowest BCUT2D eigenvalue weighted by Crippen LogP contribution is -2.11. The van der Waals surface area contributed by atoms with Crippen LogP contribution in [0.1, 0.15) is 5.56 Å². The van der Waals surface area contributed by atoms with Crippen LogP contribution in [0.5, 0.6) is 5.75 Å². The van der Waals surface area contributed by atoms with E-state index in [4.69, 9.17) is 20.9 Å². The number of carbonyl (C=O) groups is 1. The third-order valence-corrected chi connectivity index (χ3v) is 2.83. The molecule has 5 heteroatoms. The molecule has 0 saturated heterocycles. The van der Waals surface area contributed by atoms with Crippen LogP contribution in [0.15, 0.2) is 54.6 Å². The summed E-state index contributed by atoms with van der Waals surface area (Å²) < 4.78 is 10.5. The van der Waals surface area contributed by atoms with E-state index in [2.05, 4.69) is 0 Å². The summed E-state index contributed by atoms with van der Waals surface area (Å²) in [5, 5.41) is 0. The highest BCUT2D eigenvalue weighted by molar-refractivity contribution is 5.87. The number of ether oxygens (including phenoxy) is 2. The van der Waals surface area contributed by atoms with Crippen LogP contribution in [0, 0.1) is 0 Å². The average Bonchev–Trinajstić information content (AvgIpc) is 2.52. The van der Waals surface area contributed by atoms with Gasteiger partial charge in [0.05, 0.1) is 5.69 Å². The van der Waals surface area contributed by atoms with Gasteiger partial charge < -0.3 is 20.9 Å². The Morgan fingerprint density at radius 1 is 1.05 bits per heavy atom. The van der Waals surface area contributed by atoms with E-state index in [1.165, 1.54) is 6.08 Å². The smallest absolute Gasteiger partial charge is 0.330 e. The molecule has 2 rings (SSSR count). The summed E-state index contributed by atoms with van der Waals surface area (Å²) in [5.74, 6) is 0.0998. The van der Waals surface area contributed by atoms with Gasteiger partial charge in [0.25, 0.3) is 0 Å². The van der Waals surface area contributed by atoms with Gasteiger partial charge in [-0.25, -0.2) is 4.79 Å². The first-order valence-corrected chi connectivity index (χ1v) is 6.83. The molecule has 22 heavy (non-hydrogen) atoms. The van der Waals surface area contributed by atoms with Crippen molar-refractivity contribution in [1.29, 1.82) is 0 Å². The normalized spacial score (nSPS) is 10.5. The number of benzene rings is 2. The van der Waals surface area contributed by atoms with E-state index in [-0.39, 0.29) is 13.2 Å². The van der Waals surface area contributed by atoms with Crippen molar-refractivity contribution >= 4 is 23.4 Å². The number of carbonyl (C=O) groups excluding carboxylic acids is 1. The van der Waals surface area contributed by atoms with E-state index >= 15 is 0 Å². The zero-order valence-corrected chi connectivity index (χ0v) is 12.1. The lowest BCUT2D eigenvalue weighted by atomic mass is 10.2. The molecule has 114 valence electrons. The maximum atomic E-state index is 11.5. The van der Waals surface area contributed by atoms with Gasteiger partial charge in [0.1, 0.15) is 19.0 Å². The Bertz CT molecular complexity index is 654. The molecule has 2 aromatic rings. The SMILES string of the molecule is Nc1ccc(OCCOC(=O)C=Cc2ccccc2)c(N)c1. The number of nitrogens with two attached hydrogens (primary N) is 2. The third-order valence-electron chi connectivity index (χ3n) is 2.83. The van der Waals surface area contributed by atoms with E-state index in [0.29, 0.717) is 17.1 Å². The van der Waals surface area contributed by atoms with Crippen LogP contribution in [0.2, 0.25) is 0 Å². The summed E-state index contributed by atoms with van der Waals surface area (Å²) in [7, 11) is 0. The third kappa shape index (κ3) is 4.86. The summed E-state index contributed by atoms with van der Waals surface area (Å²) in [6.45, 7) is 0.362. The number of esters is 1. The summed E-state index contributed by atoms with van der Waals surface area (Å²) in [6, 6.07) is 14.5. The fourth-order valence-corrected chi connectivity index (χ4v) is 1.77. The van der Waals surface area contributed by atoms with Crippen LogP contribution < -0.4 is 16.2 Å². The Kier molecular flexibility index (Phi) is 5.43. The Labute approximate surface area is 129 Å². The second kappa shape index (κ2) is 7.73. The molecule has 0 aliphatic rings. The van der Waals surface area contributed by atoms with Gasteiger partial charge in [-0.2, -0.15) is 0 Å². The first kappa shape index (κ1) is 15.4. The summed E-state index contributed by atoms with van der Waals surface area (Å²) >= 11 is 0. The van der Waals surface area contributed by atoms with Crippen LogP contribution in [-0.2, 0) is 9.53 Å². The summed E-state index contributed by atoms with van der Waals surface area (Å²) in [5.41, 5.74) is 13.3. The van der Waals surface area contributed by atoms with E-state index < -0.39 is 5.97 Å². The van der Waals surface area contributed by atoms with Gasteiger partial charge in [0.15, 0.2) is 0 Å². The Balaban J connectivity index is 1.72. The maximum absolute atomic E-state index is 11.5. The first-order valence-electron chi connectivity index (χ1n) is 6.83. The molecule has 0 saturated carbocycles. The van der Waals surface area contributed by atoms with Crippen molar-refractivity contribution in [2.45, 2.75) is 0 Å². The predicted molar refractivity (Wildman–Crippen MR) is 87.2 cm³/mol. The molecule has 0 unspecified atom stereocenters. The fraction of sp³-hybridized carbons (Fsp3) is 0.118. The standard InChI is InChI=1S/C17H18N2O3/c18-14-7-8-16(15(19)12-14)21-10-11-22-17(20)9-6-13-4-2-1-3-5-13/h1-9,12H,10-11,18-19H2. The fourth-order valence-electron chi connectivity index (χ4n) is 1.77. The van der Waals surface area contributed by atoms with Gasteiger partial charge in [-0.1, -0.05) is 30.3 Å². The molecule has 0 radical (unpaired) electrons. The molecular weight excluding hydrogens is 280 g/mol. The molecule has 0 spiro atoms. The van der Waals surface area contributed by atoms with Crippen molar-refractivity contribution in [3.05, 3.63) is 60.2 Å². The zero-order valence-electron chi connectivity index (χ0n) is 12.1. The lowest BCUT2D eigenvalue weighted by Gasteiger charge is -2.09. The van der Waals surface area contributed by atoms with Gasteiger partial charge in [0, 0.05) is 11.8 Å². The molecule has 0 aromatic heterocycles. The van der Waals surface area contributed by atoms with E-state index in [1.54, 1.807) is 24.3 Å². The molecule has 5 nitrogen and oxygen atoms in total. The number of anilines is 2. The summed E-state index contributed by atoms with van der Waals surface area (Å²) in [4.78, 5) is 11.5. The number of hydrogen-bond acceptors (Lipinski definition) is 5. The molecule has 0 bridgehead atoms. The summed E-state index contributed by atoms with van der Waals surface area (Å²) in [6.07, 6.45) is 3.08. The van der Waals surface area contributed by atoms with Gasteiger partial charge in [-0.3, -0.25) is 0 Å². The molecule has 0 atom stereocenters. The first-order chi connectivity index (χ1) is 10.6. The van der Waals surface area contributed by atoms with Crippen molar-refractivity contribution in [1.82, 2.24) is 0 Å². The Hall–Kier alpha value is -2.95. The Morgan fingerprint density at radius 2 is 1.82 bits per heavy atom. The molecule has 0 amide bonds. The van der Waals surface area contributed by atoms with Gasteiger partial charge in [0.2, 0.25) is 0 Å².